The van der Waals surface area contributed by atoms with Crippen LogP contribution in [0.15, 0.2) is 18.2 Å². The van der Waals surface area contributed by atoms with Crippen LogP contribution in [0.2, 0.25) is 0 Å². The number of piperidine rings is 1. The summed E-state index contributed by atoms with van der Waals surface area (Å²) in [6.45, 7) is 0.988. The number of nitrogens with zero attached hydrogens (tertiary/aromatic N) is 1. The number of fused-ring (bicyclic) bond motifs is 1. The van der Waals surface area contributed by atoms with E-state index < -0.39 is 20.5 Å². The Labute approximate surface area is 156 Å². The summed E-state index contributed by atoms with van der Waals surface area (Å²) in [4.78, 5) is 17.2. The number of halogens is 1. The number of thiazole rings is 1. The highest BCUT2D eigenvalue weighted by atomic mass is 35.5. The van der Waals surface area contributed by atoms with E-state index in [-0.39, 0.29) is 25.2 Å². The van der Waals surface area contributed by atoms with Crippen molar-refractivity contribution in [3.8, 4) is 5.75 Å². The van der Waals surface area contributed by atoms with E-state index in [0.717, 1.165) is 11.0 Å². The van der Waals surface area contributed by atoms with Gasteiger partial charge in [-0.05, 0) is 38.1 Å². The zero-order chi connectivity index (χ0) is 17.4. The average molecular weight is 406 g/mol. The van der Waals surface area contributed by atoms with Crippen LogP contribution in [0.25, 0.3) is 10.2 Å². The van der Waals surface area contributed by atoms with Gasteiger partial charge in [0.1, 0.15) is 11.3 Å². The highest BCUT2D eigenvalue weighted by Gasteiger charge is 2.48. The minimum atomic E-state index is -3.55. The molecule has 0 bridgehead atoms. The molecule has 3 rings (SSSR count). The zero-order valence-corrected chi connectivity index (χ0v) is 16.3. The van der Waals surface area contributed by atoms with Crippen LogP contribution in [0.1, 0.15) is 12.8 Å². The molecule has 1 amide bonds. The van der Waals surface area contributed by atoms with Gasteiger partial charge in [0.15, 0.2) is 19.7 Å². The normalized spacial score (nSPS) is 16.9. The van der Waals surface area contributed by atoms with Crippen LogP contribution in [0.5, 0.6) is 5.75 Å². The van der Waals surface area contributed by atoms with E-state index in [1.165, 1.54) is 11.3 Å². The largest absolute Gasteiger partial charge is 0.494 e. The molecule has 25 heavy (non-hydrogen) atoms. The van der Waals surface area contributed by atoms with Crippen LogP contribution in [-0.2, 0) is 14.6 Å². The van der Waals surface area contributed by atoms with E-state index in [1.807, 2.05) is 12.1 Å². The lowest BCUT2D eigenvalue weighted by atomic mass is 9.96. The molecule has 1 aromatic heterocycles. The topological polar surface area (TPSA) is 97.4 Å². The van der Waals surface area contributed by atoms with Gasteiger partial charge < -0.3 is 15.4 Å². The van der Waals surface area contributed by atoms with Crippen molar-refractivity contribution >= 4 is 54.8 Å². The number of para-hydroxylation sites is 1. The van der Waals surface area contributed by atoms with Gasteiger partial charge in [-0.3, -0.25) is 4.79 Å². The maximum absolute atomic E-state index is 12.8. The van der Waals surface area contributed by atoms with E-state index in [1.54, 1.807) is 13.2 Å². The van der Waals surface area contributed by atoms with Crippen molar-refractivity contribution in [1.82, 2.24) is 10.3 Å². The maximum Gasteiger partial charge on any atom is 0.247 e. The SMILES string of the molecule is COc1cccc2sc(NC(=O)C3(S(C)(=O)=O)CCNCC3)nc12.Cl. The Kier molecular flexibility index (Phi) is 5.93. The van der Waals surface area contributed by atoms with Gasteiger partial charge in [-0.25, -0.2) is 13.4 Å². The molecule has 2 heterocycles. The highest BCUT2D eigenvalue weighted by molar-refractivity contribution is 7.92. The summed E-state index contributed by atoms with van der Waals surface area (Å²) in [6.07, 6.45) is 1.64. The van der Waals surface area contributed by atoms with Crippen LogP contribution in [0.3, 0.4) is 0 Å². The molecule has 0 unspecified atom stereocenters. The lowest BCUT2D eigenvalue weighted by molar-refractivity contribution is -0.119. The van der Waals surface area contributed by atoms with Gasteiger partial charge in [0, 0.05) is 6.26 Å². The number of benzene rings is 1. The molecule has 1 fully saturated rings. The third-order valence-corrected chi connectivity index (χ3v) is 7.31. The molecule has 0 radical (unpaired) electrons. The number of anilines is 1. The van der Waals surface area contributed by atoms with Gasteiger partial charge >= 0.3 is 0 Å². The summed E-state index contributed by atoms with van der Waals surface area (Å²) in [6, 6.07) is 5.51. The molecule has 7 nitrogen and oxygen atoms in total. The predicted octanol–water partition coefficient (Wildman–Crippen LogP) is 1.83. The Bertz CT molecular complexity index is 876. The van der Waals surface area contributed by atoms with Gasteiger partial charge in [-0.2, -0.15) is 0 Å². The van der Waals surface area contributed by atoms with Gasteiger partial charge in [0.2, 0.25) is 5.91 Å². The molecule has 0 spiro atoms. The Morgan fingerprint density at radius 3 is 2.64 bits per heavy atom. The number of sulfone groups is 1. The quantitative estimate of drug-likeness (QED) is 0.805. The van der Waals surface area contributed by atoms with Crippen molar-refractivity contribution in [2.24, 2.45) is 0 Å². The van der Waals surface area contributed by atoms with Crippen LogP contribution in [0.4, 0.5) is 5.13 Å². The van der Waals surface area contributed by atoms with Gasteiger partial charge in [-0.15, -0.1) is 12.4 Å². The molecule has 2 aromatic rings. The van der Waals surface area contributed by atoms with E-state index in [2.05, 4.69) is 15.6 Å². The Hall–Kier alpha value is -1.42. The second-order valence-electron chi connectivity index (χ2n) is 5.80. The number of carbonyl (C=O) groups excluding carboxylic acids is 1. The van der Waals surface area contributed by atoms with Crippen molar-refractivity contribution in [1.29, 1.82) is 0 Å². The Morgan fingerprint density at radius 1 is 1.36 bits per heavy atom. The Morgan fingerprint density at radius 2 is 2.04 bits per heavy atom. The number of hydrogen-bond acceptors (Lipinski definition) is 7. The van der Waals surface area contributed by atoms with Crippen molar-refractivity contribution in [3.05, 3.63) is 18.2 Å². The zero-order valence-electron chi connectivity index (χ0n) is 13.9. The van der Waals surface area contributed by atoms with Crippen molar-refractivity contribution in [2.75, 3.05) is 31.8 Å². The summed E-state index contributed by atoms with van der Waals surface area (Å²) in [5.41, 5.74) is 0.652. The summed E-state index contributed by atoms with van der Waals surface area (Å²) in [5.74, 6) is 0.105. The first-order chi connectivity index (χ1) is 11.4. The number of methoxy groups -OCH3 is 1. The van der Waals surface area contributed by atoms with Crippen LogP contribution in [0, 0.1) is 0 Å². The fourth-order valence-electron chi connectivity index (χ4n) is 2.95. The first-order valence-corrected chi connectivity index (χ1v) is 10.2. The van der Waals surface area contributed by atoms with Crippen molar-refractivity contribution in [2.45, 2.75) is 17.6 Å². The first kappa shape index (κ1) is 19.9. The number of carbonyl (C=O) groups is 1. The van der Waals surface area contributed by atoms with Crippen molar-refractivity contribution < 1.29 is 17.9 Å². The molecule has 1 aliphatic heterocycles. The molecule has 138 valence electrons. The molecular formula is C15H20ClN3O4S2. The molecule has 1 aliphatic rings. The average Bonchev–Trinajstić information content (AvgIpc) is 2.96. The molecule has 1 aromatic carbocycles. The number of hydrogen-bond donors (Lipinski definition) is 2. The third kappa shape index (κ3) is 3.59. The monoisotopic (exact) mass is 405 g/mol. The first-order valence-electron chi connectivity index (χ1n) is 7.53. The third-order valence-electron chi connectivity index (χ3n) is 4.36. The molecule has 0 aliphatic carbocycles. The lowest BCUT2D eigenvalue weighted by Gasteiger charge is -2.33. The number of aromatic nitrogens is 1. The summed E-state index contributed by atoms with van der Waals surface area (Å²) in [7, 11) is -1.99. The van der Waals surface area contributed by atoms with E-state index in [4.69, 9.17) is 4.74 Å². The van der Waals surface area contributed by atoms with Crippen LogP contribution in [-0.4, -0.2) is 50.5 Å². The maximum atomic E-state index is 12.8. The lowest BCUT2D eigenvalue weighted by Crippen LogP contribution is -2.55. The Balaban J connectivity index is 0.00000225. The number of amides is 1. The number of rotatable bonds is 4. The fraction of sp³-hybridized carbons (Fsp3) is 0.467. The van der Waals surface area contributed by atoms with Crippen LogP contribution >= 0.6 is 23.7 Å². The second-order valence-corrected chi connectivity index (χ2v) is 9.15. The summed E-state index contributed by atoms with van der Waals surface area (Å²) >= 11 is 1.29. The standard InChI is InChI=1S/C15H19N3O4S2.ClH/c1-22-10-4-3-5-11-12(10)17-14(23-11)18-13(19)15(24(2,20)21)6-8-16-9-7-15;/h3-5,16H,6-9H2,1-2H3,(H,17,18,19);1H. The van der Waals surface area contributed by atoms with E-state index in [0.29, 0.717) is 29.5 Å². The number of ether oxygens (including phenoxy) is 1. The molecule has 10 heteroatoms. The van der Waals surface area contributed by atoms with Crippen LogP contribution < -0.4 is 15.4 Å². The van der Waals surface area contributed by atoms with E-state index >= 15 is 0 Å². The van der Waals surface area contributed by atoms with Gasteiger partial charge in [0.05, 0.1) is 11.8 Å². The fourth-order valence-corrected chi connectivity index (χ4v) is 5.16. The van der Waals surface area contributed by atoms with E-state index in [9.17, 15) is 13.2 Å². The summed E-state index contributed by atoms with van der Waals surface area (Å²) < 4.78 is 29.3. The molecule has 1 saturated heterocycles. The molecule has 0 saturated carbocycles. The minimum Gasteiger partial charge on any atom is -0.494 e. The smallest absolute Gasteiger partial charge is 0.247 e. The highest BCUT2D eigenvalue weighted by Crippen LogP contribution is 2.34. The van der Waals surface area contributed by atoms with Gasteiger partial charge in [-0.1, -0.05) is 17.4 Å². The molecule has 0 atom stereocenters. The minimum absolute atomic E-state index is 0. The number of nitrogens with one attached hydrogen (secondary N) is 2. The van der Waals surface area contributed by atoms with Gasteiger partial charge in [0.25, 0.3) is 0 Å². The molecular weight excluding hydrogens is 386 g/mol. The molecule has 2 N–H and O–H groups in total. The predicted molar refractivity (Wildman–Crippen MR) is 102 cm³/mol. The summed E-state index contributed by atoms with van der Waals surface area (Å²) in [5, 5.41) is 6.17. The second kappa shape index (κ2) is 7.45. The van der Waals surface area contributed by atoms with Crippen molar-refractivity contribution in [3.63, 3.8) is 0 Å².